The van der Waals surface area contributed by atoms with E-state index in [-0.39, 0.29) is 0 Å². The van der Waals surface area contributed by atoms with E-state index in [1.807, 2.05) is 12.1 Å². The standard InChI is InChI=1S/C42H28N2O/c1-3-11-29(12-4-1)30-19-21-32(22-20-30)43(34-24-26-38-37-16-8-10-18-41(37)45-42(38)28-34)33-23-25-36-35-15-7-9-17-39(35)44(40(36)27-33)31-13-5-2-6-14-31/h1-28H. The minimum atomic E-state index is 0.874. The second-order valence-electron chi connectivity index (χ2n) is 11.4. The number of fused-ring (bicyclic) bond motifs is 6. The molecule has 0 radical (unpaired) electrons. The molecule has 0 bridgehead atoms. The van der Waals surface area contributed by atoms with Crippen LogP contribution in [0, 0.1) is 0 Å². The molecule has 2 heterocycles. The molecule has 0 aliphatic heterocycles. The zero-order chi connectivity index (χ0) is 29.7. The summed E-state index contributed by atoms with van der Waals surface area (Å²) in [6.07, 6.45) is 0. The maximum absolute atomic E-state index is 6.35. The third-order valence-electron chi connectivity index (χ3n) is 8.78. The van der Waals surface area contributed by atoms with Gasteiger partial charge in [0.1, 0.15) is 11.2 Å². The van der Waals surface area contributed by atoms with Crippen LogP contribution in [0.4, 0.5) is 17.1 Å². The molecule has 9 aromatic rings. The van der Waals surface area contributed by atoms with E-state index in [0.717, 1.165) is 50.2 Å². The molecular formula is C42H28N2O. The van der Waals surface area contributed by atoms with Crippen LogP contribution in [0.25, 0.3) is 60.6 Å². The first kappa shape index (κ1) is 25.4. The molecule has 212 valence electrons. The van der Waals surface area contributed by atoms with Gasteiger partial charge in [0.2, 0.25) is 0 Å². The van der Waals surface area contributed by atoms with E-state index in [1.54, 1.807) is 0 Å². The lowest BCUT2D eigenvalue weighted by molar-refractivity contribution is 0.669. The van der Waals surface area contributed by atoms with Gasteiger partial charge in [0, 0.05) is 50.4 Å². The molecule has 0 spiro atoms. The lowest BCUT2D eigenvalue weighted by atomic mass is 10.0. The first-order valence-corrected chi connectivity index (χ1v) is 15.3. The molecule has 0 fully saturated rings. The van der Waals surface area contributed by atoms with Gasteiger partial charge in [-0.1, -0.05) is 103 Å². The van der Waals surface area contributed by atoms with Crippen LogP contribution in [0.1, 0.15) is 0 Å². The van der Waals surface area contributed by atoms with Gasteiger partial charge in [0.25, 0.3) is 0 Å². The molecule has 0 aliphatic carbocycles. The number of aromatic nitrogens is 1. The Morgan fingerprint density at radius 1 is 0.378 bits per heavy atom. The number of nitrogens with zero attached hydrogens (tertiary/aromatic N) is 2. The molecule has 0 N–H and O–H groups in total. The monoisotopic (exact) mass is 576 g/mol. The van der Waals surface area contributed by atoms with Crippen molar-refractivity contribution in [1.29, 1.82) is 0 Å². The summed E-state index contributed by atoms with van der Waals surface area (Å²) in [6.45, 7) is 0. The van der Waals surface area contributed by atoms with Gasteiger partial charge in [-0.2, -0.15) is 0 Å². The fourth-order valence-electron chi connectivity index (χ4n) is 6.69. The molecule has 9 rings (SSSR count). The number of anilines is 3. The Labute approximate surface area is 260 Å². The number of furan rings is 1. The second-order valence-corrected chi connectivity index (χ2v) is 11.4. The third kappa shape index (κ3) is 4.21. The molecule has 3 heteroatoms. The SMILES string of the molecule is c1ccc(-c2ccc(N(c3ccc4c(c3)oc3ccccc34)c3ccc4c5ccccc5n(-c5ccccc5)c4c3)cc2)cc1. The van der Waals surface area contributed by atoms with E-state index in [4.69, 9.17) is 4.42 Å². The van der Waals surface area contributed by atoms with Crippen molar-refractivity contribution in [2.45, 2.75) is 0 Å². The van der Waals surface area contributed by atoms with Gasteiger partial charge in [-0.25, -0.2) is 0 Å². The fraction of sp³-hybridized carbons (Fsp3) is 0. The Kier molecular flexibility index (Phi) is 5.82. The van der Waals surface area contributed by atoms with Gasteiger partial charge >= 0.3 is 0 Å². The van der Waals surface area contributed by atoms with Crippen LogP contribution in [0.2, 0.25) is 0 Å². The molecule has 0 amide bonds. The molecule has 3 nitrogen and oxygen atoms in total. The van der Waals surface area contributed by atoms with Crippen LogP contribution in [-0.4, -0.2) is 4.57 Å². The number of hydrogen-bond acceptors (Lipinski definition) is 2. The van der Waals surface area contributed by atoms with E-state index >= 15 is 0 Å². The second kappa shape index (κ2) is 10.3. The Morgan fingerprint density at radius 3 is 1.73 bits per heavy atom. The zero-order valence-corrected chi connectivity index (χ0v) is 24.5. The van der Waals surface area contributed by atoms with Crippen molar-refractivity contribution in [3.8, 4) is 16.8 Å². The van der Waals surface area contributed by atoms with Crippen LogP contribution in [-0.2, 0) is 0 Å². The lowest BCUT2D eigenvalue weighted by Crippen LogP contribution is -2.10. The number of para-hydroxylation sites is 3. The van der Waals surface area contributed by atoms with E-state index in [1.165, 1.54) is 27.4 Å². The third-order valence-corrected chi connectivity index (χ3v) is 8.78. The summed E-state index contributed by atoms with van der Waals surface area (Å²) in [5.74, 6) is 0. The predicted octanol–water partition coefficient (Wildman–Crippen LogP) is 11.8. The average Bonchev–Trinajstić information content (AvgIpc) is 3.64. The molecule has 45 heavy (non-hydrogen) atoms. The van der Waals surface area contributed by atoms with Gasteiger partial charge in [0.05, 0.1) is 11.0 Å². The molecule has 7 aromatic carbocycles. The summed E-state index contributed by atoms with van der Waals surface area (Å²) < 4.78 is 8.72. The van der Waals surface area contributed by atoms with Gasteiger partial charge in [-0.3, -0.25) is 0 Å². The molecule has 0 saturated heterocycles. The van der Waals surface area contributed by atoms with E-state index < -0.39 is 0 Å². The Bertz CT molecular complexity index is 2470. The van der Waals surface area contributed by atoms with Crippen molar-refractivity contribution in [1.82, 2.24) is 4.57 Å². The highest BCUT2D eigenvalue weighted by Gasteiger charge is 2.19. The summed E-state index contributed by atoms with van der Waals surface area (Å²) >= 11 is 0. The lowest BCUT2D eigenvalue weighted by Gasteiger charge is -2.26. The highest BCUT2D eigenvalue weighted by molar-refractivity contribution is 6.11. The highest BCUT2D eigenvalue weighted by Crippen LogP contribution is 2.41. The van der Waals surface area contributed by atoms with Crippen LogP contribution < -0.4 is 4.90 Å². The normalized spacial score (nSPS) is 11.6. The summed E-state index contributed by atoms with van der Waals surface area (Å²) in [7, 11) is 0. The van der Waals surface area contributed by atoms with Gasteiger partial charge in [-0.15, -0.1) is 0 Å². The summed E-state index contributed by atoms with van der Waals surface area (Å²) in [6, 6.07) is 60.2. The average molecular weight is 577 g/mol. The summed E-state index contributed by atoms with van der Waals surface area (Å²) in [5, 5.41) is 4.72. The van der Waals surface area contributed by atoms with Crippen molar-refractivity contribution in [3.05, 3.63) is 170 Å². The molecular weight excluding hydrogens is 548 g/mol. The van der Waals surface area contributed by atoms with Gasteiger partial charge in [0.15, 0.2) is 0 Å². The predicted molar refractivity (Wildman–Crippen MR) is 188 cm³/mol. The fourth-order valence-corrected chi connectivity index (χ4v) is 6.69. The number of hydrogen-bond donors (Lipinski definition) is 0. The quantitative estimate of drug-likeness (QED) is 0.203. The molecule has 2 aromatic heterocycles. The summed E-state index contributed by atoms with van der Waals surface area (Å²) in [4.78, 5) is 2.33. The Hall–Kier alpha value is -6.06. The van der Waals surface area contributed by atoms with Gasteiger partial charge < -0.3 is 13.9 Å². The van der Waals surface area contributed by atoms with Crippen molar-refractivity contribution in [2.75, 3.05) is 4.90 Å². The first-order chi connectivity index (χ1) is 22.3. The first-order valence-electron chi connectivity index (χ1n) is 15.3. The maximum Gasteiger partial charge on any atom is 0.137 e. The number of rotatable bonds is 5. The van der Waals surface area contributed by atoms with Crippen molar-refractivity contribution in [3.63, 3.8) is 0 Å². The molecule has 0 unspecified atom stereocenters. The van der Waals surface area contributed by atoms with Crippen LogP contribution in [0.3, 0.4) is 0 Å². The largest absolute Gasteiger partial charge is 0.456 e. The van der Waals surface area contributed by atoms with Crippen LogP contribution >= 0.6 is 0 Å². The van der Waals surface area contributed by atoms with E-state index in [2.05, 4.69) is 167 Å². The minimum absolute atomic E-state index is 0.874. The van der Waals surface area contributed by atoms with E-state index in [9.17, 15) is 0 Å². The smallest absolute Gasteiger partial charge is 0.137 e. The Balaban J connectivity index is 1.27. The minimum Gasteiger partial charge on any atom is -0.456 e. The highest BCUT2D eigenvalue weighted by atomic mass is 16.3. The molecule has 0 atom stereocenters. The van der Waals surface area contributed by atoms with Crippen molar-refractivity contribution < 1.29 is 4.42 Å². The molecule has 0 saturated carbocycles. The topological polar surface area (TPSA) is 21.3 Å². The van der Waals surface area contributed by atoms with Crippen molar-refractivity contribution >= 4 is 60.8 Å². The Morgan fingerprint density at radius 2 is 0.933 bits per heavy atom. The zero-order valence-electron chi connectivity index (χ0n) is 24.5. The van der Waals surface area contributed by atoms with Gasteiger partial charge in [-0.05, 0) is 71.8 Å². The molecule has 0 aliphatic rings. The maximum atomic E-state index is 6.35. The number of benzene rings is 7. The van der Waals surface area contributed by atoms with E-state index in [0.29, 0.717) is 0 Å². The van der Waals surface area contributed by atoms with Crippen LogP contribution in [0.15, 0.2) is 174 Å². The summed E-state index contributed by atoms with van der Waals surface area (Å²) in [5.41, 5.74) is 10.8. The van der Waals surface area contributed by atoms with Crippen molar-refractivity contribution in [2.24, 2.45) is 0 Å². The van der Waals surface area contributed by atoms with Crippen LogP contribution in [0.5, 0.6) is 0 Å².